The molecule has 19 heavy (non-hydrogen) atoms. The van der Waals surface area contributed by atoms with E-state index in [0.29, 0.717) is 6.42 Å². The van der Waals surface area contributed by atoms with E-state index in [9.17, 15) is 13.2 Å². The van der Waals surface area contributed by atoms with Crippen LogP contribution in [-0.2, 0) is 21.9 Å². The van der Waals surface area contributed by atoms with Crippen LogP contribution in [0, 0.1) is 5.92 Å². The molecule has 0 aromatic carbocycles. The molecule has 1 rings (SSSR count). The first-order valence-corrected chi connectivity index (χ1v) is 7.82. The molecule has 8 nitrogen and oxygen atoms in total. The molecule has 0 amide bonds. The minimum Gasteiger partial charge on any atom is -0.481 e. The van der Waals surface area contributed by atoms with Gasteiger partial charge in [-0.1, -0.05) is 18.6 Å². The van der Waals surface area contributed by atoms with Crippen LogP contribution in [0.3, 0.4) is 0 Å². The maximum atomic E-state index is 12.1. The summed E-state index contributed by atoms with van der Waals surface area (Å²) in [5, 5.41) is 15.8. The molecular formula is C9H15BrN4O4S. The van der Waals surface area contributed by atoms with Crippen molar-refractivity contribution in [3.05, 3.63) is 4.60 Å². The third-order valence-electron chi connectivity index (χ3n) is 2.59. The Hall–Kier alpha value is -1.00. The first kappa shape index (κ1) is 16.1. The average Bonchev–Trinajstić information content (AvgIpc) is 2.64. The van der Waals surface area contributed by atoms with Crippen molar-refractivity contribution in [1.29, 1.82) is 0 Å². The van der Waals surface area contributed by atoms with Crippen LogP contribution in [0.25, 0.3) is 0 Å². The Bertz CT molecular complexity index is 537. The smallest absolute Gasteiger partial charge is 0.303 e. The second-order valence-electron chi connectivity index (χ2n) is 4.03. The molecule has 10 heteroatoms. The van der Waals surface area contributed by atoms with E-state index in [2.05, 4.69) is 31.0 Å². The first-order valence-electron chi connectivity index (χ1n) is 5.54. The van der Waals surface area contributed by atoms with E-state index in [4.69, 9.17) is 5.11 Å². The first-order chi connectivity index (χ1) is 8.77. The van der Waals surface area contributed by atoms with E-state index < -0.39 is 16.0 Å². The van der Waals surface area contributed by atoms with Crippen molar-refractivity contribution >= 4 is 31.9 Å². The molecule has 0 aliphatic carbocycles. The zero-order valence-corrected chi connectivity index (χ0v) is 12.9. The van der Waals surface area contributed by atoms with Crippen molar-refractivity contribution in [2.45, 2.75) is 24.8 Å². The van der Waals surface area contributed by atoms with Crippen molar-refractivity contribution in [3.8, 4) is 0 Å². The fraction of sp³-hybridized carbons (Fsp3) is 0.667. The van der Waals surface area contributed by atoms with Gasteiger partial charge in [-0.3, -0.25) is 4.79 Å². The van der Waals surface area contributed by atoms with E-state index in [1.165, 1.54) is 7.05 Å². The molecule has 0 aliphatic rings. The number of nitrogens with one attached hydrogen (secondary N) is 1. The summed E-state index contributed by atoms with van der Waals surface area (Å²) in [7, 11) is -2.31. The van der Waals surface area contributed by atoms with E-state index >= 15 is 0 Å². The van der Waals surface area contributed by atoms with Gasteiger partial charge in [-0.2, -0.15) is 0 Å². The number of hydrogen-bond acceptors (Lipinski definition) is 5. The highest BCUT2D eigenvalue weighted by Crippen LogP contribution is 2.18. The quantitative estimate of drug-likeness (QED) is 0.730. The molecule has 2 N–H and O–H groups in total. The monoisotopic (exact) mass is 354 g/mol. The fourth-order valence-electron chi connectivity index (χ4n) is 1.51. The summed E-state index contributed by atoms with van der Waals surface area (Å²) >= 11 is 3.01. The van der Waals surface area contributed by atoms with Crippen molar-refractivity contribution < 1.29 is 18.3 Å². The number of hydrogen-bond donors (Lipinski definition) is 2. The average molecular weight is 355 g/mol. The molecular weight excluding hydrogens is 340 g/mol. The van der Waals surface area contributed by atoms with E-state index in [1.54, 1.807) is 0 Å². The summed E-state index contributed by atoms with van der Waals surface area (Å²) in [6.45, 7) is 1.87. The molecule has 1 aromatic heterocycles. The Morgan fingerprint density at radius 1 is 1.58 bits per heavy atom. The number of carboxylic acid groups (broad SMARTS) is 1. The fourth-order valence-corrected chi connectivity index (χ4v) is 3.72. The number of halogens is 1. The van der Waals surface area contributed by atoms with Gasteiger partial charge in [0.25, 0.3) is 10.0 Å². The van der Waals surface area contributed by atoms with Crippen LogP contribution >= 0.6 is 15.9 Å². The summed E-state index contributed by atoms with van der Waals surface area (Å²) < 4.78 is 27.7. The molecule has 0 fully saturated rings. The largest absolute Gasteiger partial charge is 0.481 e. The van der Waals surface area contributed by atoms with Crippen LogP contribution < -0.4 is 4.72 Å². The molecule has 0 aliphatic heterocycles. The van der Waals surface area contributed by atoms with Crippen LogP contribution in [0.2, 0.25) is 0 Å². The number of carboxylic acids is 1. The number of nitrogens with zero attached hydrogens (tertiary/aromatic N) is 3. The Labute approximate surface area is 119 Å². The lowest BCUT2D eigenvalue weighted by molar-refractivity contribution is -0.138. The predicted molar refractivity (Wildman–Crippen MR) is 69.9 cm³/mol. The van der Waals surface area contributed by atoms with Gasteiger partial charge in [0.1, 0.15) is 0 Å². The predicted octanol–water partition coefficient (Wildman–Crippen LogP) is 0.357. The molecule has 0 saturated heterocycles. The van der Waals surface area contributed by atoms with Crippen LogP contribution in [0.5, 0.6) is 0 Å². The zero-order chi connectivity index (χ0) is 14.6. The molecule has 108 valence electrons. The lowest BCUT2D eigenvalue weighted by atomic mass is 10.0. The molecule has 0 bridgehead atoms. The molecule has 1 atom stereocenters. The number of aliphatic carboxylic acids is 1. The van der Waals surface area contributed by atoms with E-state index in [1.807, 2.05) is 6.92 Å². The highest BCUT2D eigenvalue weighted by atomic mass is 79.9. The lowest BCUT2D eigenvalue weighted by Gasteiger charge is -2.13. The van der Waals surface area contributed by atoms with Gasteiger partial charge >= 0.3 is 5.97 Å². The number of sulfonamides is 1. The maximum absolute atomic E-state index is 12.1. The van der Waals surface area contributed by atoms with Gasteiger partial charge < -0.3 is 5.11 Å². The number of aromatic nitrogens is 3. The maximum Gasteiger partial charge on any atom is 0.303 e. The van der Waals surface area contributed by atoms with Gasteiger partial charge in [-0.25, -0.2) is 17.8 Å². The van der Waals surface area contributed by atoms with Gasteiger partial charge in [-0.15, -0.1) is 5.10 Å². The van der Waals surface area contributed by atoms with Crippen LogP contribution in [-0.4, -0.2) is 41.0 Å². The lowest BCUT2D eigenvalue weighted by Crippen LogP contribution is -2.31. The second kappa shape index (κ2) is 6.44. The number of carbonyl (C=O) groups is 1. The van der Waals surface area contributed by atoms with Crippen LogP contribution in [0.4, 0.5) is 0 Å². The van der Waals surface area contributed by atoms with Crippen molar-refractivity contribution in [2.75, 3.05) is 6.54 Å². The summed E-state index contributed by atoms with van der Waals surface area (Å²) in [6, 6.07) is 0. The summed E-state index contributed by atoms with van der Waals surface area (Å²) in [6.07, 6.45) is 0.490. The number of aryl methyl sites for hydroxylation is 1. The Morgan fingerprint density at radius 3 is 2.63 bits per heavy atom. The molecule has 1 unspecified atom stereocenters. The Morgan fingerprint density at radius 2 is 2.21 bits per heavy atom. The normalized spacial score (nSPS) is 13.4. The third-order valence-corrected chi connectivity index (χ3v) is 4.90. The molecule has 1 heterocycles. The second-order valence-corrected chi connectivity index (χ2v) is 6.47. The van der Waals surface area contributed by atoms with E-state index in [0.717, 1.165) is 4.68 Å². The minimum atomic E-state index is -3.77. The SMILES string of the molecule is CCC(CNS(=O)(=O)c1c(Br)nnn1C)CC(=O)O. The van der Waals surface area contributed by atoms with Crippen molar-refractivity contribution in [2.24, 2.45) is 13.0 Å². The van der Waals surface area contributed by atoms with Gasteiger partial charge in [0.15, 0.2) is 4.60 Å². The van der Waals surface area contributed by atoms with Gasteiger partial charge in [0.2, 0.25) is 5.03 Å². The van der Waals surface area contributed by atoms with Crippen molar-refractivity contribution in [3.63, 3.8) is 0 Å². The van der Waals surface area contributed by atoms with Gasteiger partial charge in [-0.05, 0) is 21.8 Å². The van der Waals surface area contributed by atoms with Crippen molar-refractivity contribution in [1.82, 2.24) is 19.7 Å². The Kier molecular flexibility index (Phi) is 5.44. The summed E-state index contributed by atoms with van der Waals surface area (Å²) in [4.78, 5) is 10.6. The van der Waals surface area contributed by atoms with Gasteiger partial charge in [0.05, 0.1) is 0 Å². The van der Waals surface area contributed by atoms with Crippen LogP contribution in [0.1, 0.15) is 19.8 Å². The highest BCUT2D eigenvalue weighted by Gasteiger charge is 2.24. The summed E-state index contributed by atoms with van der Waals surface area (Å²) in [5.74, 6) is -1.21. The highest BCUT2D eigenvalue weighted by molar-refractivity contribution is 9.10. The molecule has 0 radical (unpaired) electrons. The molecule has 0 spiro atoms. The van der Waals surface area contributed by atoms with E-state index in [-0.39, 0.29) is 28.5 Å². The number of rotatable bonds is 7. The molecule has 1 aromatic rings. The summed E-state index contributed by atoms with van der Waals surface area (Å²) in [5.41, 5.74) is 0. The Balaban J connectivity index is 2.78. The zero-order valence-electron chi connectivity index (χ0n) is 10.5. The third kappa shape index (κ3) is 4.25. The standard InChI is InChI=1S/C9H15BrN4O4S/c1-3-6(4-7(15)16)5-11-19(17,18)9-8(10)12-13-14(9)2/h6,11H,3-5H2,1-2H3,(H,15,16). The minimum absolute atomic E-state index is 0.0583. The van der Waals surface area contributed by atoms with Gasteiger partial charge in [0, 0.05) is 20.0 Å². The van der Waals surface area contributed by atoms with Crippen LogP contribution in [0.15, 0.2) is 9.63 Å². The topological polar surface area (TPSA) is 114 Å². The molecule has 0 saturated carbocycles.